The van der Waals surface area contributed by atoms with Gasteiger partial charge in [0, 0.05) is 35.4 Å². The maximum atomic E-state index is 15.0. The van der Waals surface area contributed by atoms with Crippen LogP contribution >= 0.6 is 0 Å². The molecule has 4 fully saturated rings. The van der Waals surface area contributed by atoms with Crippen molar-refractivity contribution >= 4 is 44.7 Å². The Morgan fingerprint density at radius 2 is 1.75 bits per heavy atom. The monoisotopic (exact) mass is 841 g/mol. The van der Waals surface area contributed by atoms with Gasteiger partial charge in [-0.1, -0.05) is 68.5 Å². The van der Waals surface area contributed by atoms with E-state index in [1.807, 2.05) is 48.5 Å². The molecule has 3 N–H and O–H groups in total. The summed E-state index contributed by atoms with van der Waals surface area (Å²) >= 11 is 0. The molecule has 1 saturated heterocycles. The summed E-state index contributed by atoms with van der Waals surface area (Å²) in [4.78, 5) is 63.1. The van der Waals surface area contributed by atoms with Crippen LogP contribution in [-0.4, -0.2) is 91.4 Å². The van der Waals surface area contributed by atoms with Crippen molar-refractivity contribution in [2.24, 2.45) is 11.8 Å². The molecule has 60 heavy (non-hydrogen) atoms. The molecule has 5 atom stereocenters. The summed E-state index contributed by atoms with van der Waals surface area (Å²) < 4.78 is 46.3. The van der Waals surface area contributed by atoms with Crippen LogP contribution in [0.4, 0.5) is 4.79 Å². The number of methoxy groups -OCH3 is 1. The second-order valence-electron chi connectivity index (χ2n) is 17.0. The molecule has 3 aliphatic carbocycles. The predicted molar refractivity (Wildman–Crippen MR) is 225 cm³/mol. The molecule has 2 aromatic carbocycles. The number of rotatable bonds is 9. The van der Waals surface area contributed by atoms with E-state index in [1.165, 1.54) is 11.0 Å². The summed E-state index contributed by atoms with van der Waals surface area (Å²) in [6.45, 7) is 4.03. The van der Waals surface area contributed by atoms with Crippen LogP contribution < -0.4 is 24.8 Å². The van der Waals surface area contributed by atoms with Gasteiger partial charge in [-0.05, 0) is 68.9 Å². The van der Waals surface area contributed by atoms with Gasteiger partial charge in [0.1, 0.15) is 35.2 Å². The van der Waals surface area contributed by atoms with Gasteiger partial charge in [0.25, 0.3) is 5.91 Å². The summed E-state index contributed by atoms with van der Waals surface area (Å²) in [7, 11) is -2.27. The number of nitrogens with zero attached hydrogens (tertiary/aromatic N) is 2. The van der Waals surface area contributed by atoms with Gasteiger partial charge >= 0.3 is 6.09 Å². The minimum absolute atomic E-state index is 0.00447. The summed E-state index contributed by atoms with van der Waals surface area (Å²) in [6.07, 6.45) is 9.59. The molecule has 15 heteroatoms. The smallest absolute Gasteiger partial charge is 0.407 e. The van der Waals surface area contributed by atoms with E-state index in [1.54, 1.807) is 7.11 Å². The Kier molecular flexibility index (Phi) is 12.1. The van der Waals surface area contributed by atoms with Crippen LogP contribution in [0.2, 0.25) is 0 Å². The van der Waals surface area contributed by atoms with Crippen molar-refractivity contribution in [1.29, 1.82) is 0 Å². The Bertz CT molecular complexity index is 2240. The highest BCUT2D eigenvalue weighted by Gasteiger charge is 2.62. The van der Waals surface area contributed by atoms with Gasteiger partial charge in [0.05, 0.1) is 36.7 Å². The lowest BCUT2D eigenvalue weighted by molar-refractivity contribution is -0.142. The number of amides is 4. The normalized spacial score (nSPS) is 26.7. The van der Waals surface area contributed by atoms with Crippen LogP contribution in [-0.2, 0) is 35.6 Å². The van der Waals surface area contributed by atoms with E-state index in [2.05, 4.69) is 21.9 Å². The van der Waals surface area contributed by atoms with Gasteiger partial charge in [0.2, 0.25) is 21.8 Å². The summed E-state index contributed by atoms with van der Waals surface area (Å²) in [5.74, 6) is -1.34. The first kappa shape index (κ1) is 41.5. The second-order valence-corrected chi connectivity index (χ2v) is 19.0. The van der Waals surface area contributed by atoms with Crippen molar-refractivity contribution in [3.8, 4) is 22.8 Å². The van der Waals surface area contributed by atoms with Crippen molar-refractivity contribution in [1.82, 2.24) is 25.2 Å². The lowest BCUT2D eigenvalue weighted by atomic mass is 9.83. The van der Waals surface area contributed by atoms with Crippen LogP contribution in [0, 0.1) is 11.8 Å². The van der Waals surface area contributed by atoms with Gasteiger partial charge in [-0.25, -0.2) is 18.2 Å². The number of aryl methyl sites for hydroxylation is 1. The number of carbonyl (C=O) groups excluding carboxylic acids is 4. The number of alkyl carbamates (subject to hydrolysis) is 1. The molecule has 1 aromatic heterocycles. The Hall–Kier alpha value is -5.18. The third-order valence-electron chi connectivity index (χ3n) is 12.9. The van der Waals surface area contributed by atoms with Crippen molar-refractivity contribution in [2.75, 3.05) is 20.3 Å². The summed E-state index contributed by atoms with van der Waals surface area (Å²) in [5, 5.41) is 5.89. The standard InChI is InChI=1S/C45H55N5O9S/c1-3-31-26-45(31,43(53)49-60(55,56)33-19-20-33)48-41(51)37-23-32-27-50(37)42(52)40(29-16-11-7-12-17-29)47-44(54)58-21-13-5-4-8-18-30-22-34-36(25-38(30)57-2)46-35(24-39(34)59-32)28-14-9-6-10-15-28/h3,6,9-10,14-15,22,24-25,29,31-33,37,40H,1,4-5,7-8,11-13,16-21,23,26-27H2,2H3,(H,47,54)(H,48,51)(H,49,53)/t31-,32+,37-,40-,45+/m0/s1. The zero-order chi connectivity index (χ0) is 42.0. The average molecular weight is 842 g/mol. The molecule has 4 amide bonds. The van der Waals surface area contributed by atoms with Crippen LogP contribution in [0.15, 0.2) is 61.2 Å². The van der Waals surface area contributed by atoms with Crippen LogP contribution in [0.1, 0.15) is 89.0 Å². The largest absolute Gasteiger partial charge is 0.496 e. The average Bonchev–Trinajstić information content (AvgIpc) is 4.19. The molecule has 3 aromatic rings. The van der Waals surface area contributed by atoms with Crippen molar-refractivity contribution in [2.45, 2.75) is 119 Å². The first-order valence-corrected chi connectivity index (χ1v) is 23.0. The molecule has 0 unspecified atom stereocenters. The van der Waals surface area contributed by atoms with Crippen LogP contribution in [0.3, 0.4) is 0 Å². The van der Waals surface area contributed by atoms with E-state index < -0.39 is 68.7 Å². The van der Waals surface area contributed by atoms with Crippen LogP contribution in [0.5, 0.6) is 11.5 Å². The lowest BCUT2D eigenvalue weighted by Gasteiger charge is -2.34. The highest BCUT2D eigenvalue weighted by Crippen LogP contribution is 2.46. The van der Waals surface area contributed by atoms with E-state index in [9.17, 15) is 27.6 Å². The lowest BCUT2D eigenvalue weighted by Crippen LogP contribution is -2.59. The predicted octanol–water partition coefficient (Wildman–Crippen LogP) is 5.72. The van der Waals surface area contributed by atoms with E-state index >= 15 is 0 Å². The van der Waals surface area contributed by atoms with Crippen molar-refractivity contribution < 1.29 is 41.8 Å². The van der Waals surface area contributed by atoms with E-state index in [-0.39, 0.29) is 31.9 Å². The summed E-state index contributed by atoms with van der Waals surface area (Å²) in [5.41, 5.74) is 1.64. The van der Waals surface area contributed by atoms with Gasteiger partial charge < -0.3 is 29.7 Å². The molecule has 0 spiro atoms. The number of hydrogen-bond donors (Lipinski definition) is 3. The zero-order valence-electron chi connectivity index (χ0n) is 34.2. The molecule has 0 radical (unpaired) electrons. The molecule has 3 heterocycles. The summed E-state index contributed by atoms with van der Waals surface area (Å²) in [6, 6.07) is 13.5. The molecular weight excluding hydrogens is 787 g/mol. The van der Waals surface area contributed by atoms with Gasteiger partial charge in [-0.3, -0.25) is 19.1 Å². The Morgan fingerprint density at radius 3 is 2.47 bits per heavy atom. The molecule has 14 nitrogen and oxygen atoms in total. The Balaban J connectivity index is 1.17. The molecule has 8 rings (SSSR count). The molecule has 2 aliphatic heterocycles. The fraction of sp³-hybridized carbons (Fsp3) is 0.533. The number of aromatic nitrogens is 1. The quantitative estimate of drug-likeness (QED) is 0.226. The molecular formula is C45H55N5O9S. The highest BCUT2D eigenvalue weighted by molar-refractivity contribution is 7.91. The number of carbonyl (C=O) groups is 4. The Labute approximate surface area is 351 Å². The number of fused-ring (bicyclic) bond motifs is 3. The molecule has 3 saturated carbocycles. The first-order chi connectivity index (χ1) is 29.0. The number of nitrogens with one attached hydrogen (secondary N) is 3. The van der Waals surface area contributed by atoms with Crippen molar-refractivity contribution in [3.05, 3.63) is 66.7 Å². The second kappa shape index (κ2) is 17.4. The number of hydrogen-bond acceptors (Lipinski definition) is 10. The SMILES string of the molecule is C=C[C@H]1C[C@]1(NC(=O)[C@@H]1C[C@@H]2CN1C(=O)[C@H](C1CCCCC1)NC(=O)OCCCCCCc1cc3c(cc(-c4ccccc4)nc3cc1OC)O2)C(=O)NS(=O)(=O)C1CC1. The number of sulfonamides is 1. The van der Waals surface area contributed by atoms with E-state index in [0.29, 0.717) is 42.0 Å². The van der Waals surface area contributed by atoms with Gasteiger partial charge in [-0.2, -0.15) is 0 Å². The molecule has 5 aliphatic rings. The number of cyclic esters (lactones) is 1. The maximum Gasteiger partial charge on any atom is 0.407 e. The number of ether oxygens (including phenoxy) is 3. The molecule has 320 valence electrons. The first-order valence-electron chi connectivity index (χ1n) is 21.5. The van der Waals surface area contributed by atoms with Gasteiger partial charge in [0.15, 0.2) is 0 Å². The van der Waals surface area contributed by atoms with Crippen molar-refractivity contribution in [3.63, 3.8) is 0 Å². The minimum Gasteiger partial charge on any atom is -0.496 e. The Morgan fingerprint density at radius 1 is 1.00 bits per heavy atom. The topological polar surface area (TPSA) is 182 Å². The minimum atomic E-state index is -3.91. The highest BCUT2D eigenvalue weighted by atomic mass is 32.2. The van der Waals surface area contributed by atoms with Crippen LogP contribution in [0.25, 0.3) is 22.2 Å². The molecule has 4 bridgehead atoms. The third kappa shape index (κ3) is 8.82. The van der Waals surface area contributed by atoms with E-state index in [0.717, 1.165) is 74.3 Å². The fourth-order valence-corrected chi connectivity index (χ4v) is 10.6. The number of pyridine rings is 1. The third-order valence-corrected chi connectivity index (χ3v) is 14.7. The maximum absolute atomic E-state index is 15.0. The van der Waals surface area contributed by atoms with E-state index in [4.69, 9.17) is 19.2 Å². The van der Waals surface area contributed by atoms with Gasteiger partial charge in [-0.15, -0.1) is 6.58 Å². The number of benzene rings is 2. The zero-order valence-corrected chi connectivity index (χ0v) is 35.0. The fourth-order valence-electron chi connectivity index (χ4n) is 9.21.